The molecule has 4 aromatic rings. The van der Waals surface area contributed by atoms with Gasteiger partial charge in [0.2, 0.25) is 0 Å². The molecular weight excluding hydrogens is 282 g/mol. The van der Waals surface area contributed by atoms with Crippen molar-refractivity contribution in [3.05, 3.63) is 78.5 Å². The number of ether oxygens (including phenoxy) is 1. The zero-order valence-electron chi connectivity index (χ0n) is 13.2. The molecule has 1 heterocycles. The van der Waals surface area contributed by atoms with Crippen LogP contribution in [-0.4, -0.2) is 11.2 Å². The van der Waals surface area contributed by atoms with E-state index in [1.165, 1.54) is 27.2 Å². The van der Waals surface area contributed by atoms with Crippen molar-refractivity contribution in [1.82, 2.24) is 4.57 Å². The Morgan fingerprint density at radius 1 is 0.870 bits per heavy atom. The average molecular weight is 301 g/mol. The van der Waals surface area contributed by atoms with Crippen LogP contribution in [0.15, 0.2) is 72.9 Å². The number of hydrogen-bond donors (Lipinski definition) is 0. The zero-order valence-corrected chi connectivity index (χ0v) is 13.2. The molecule has 0 saturated heterocycles. The molecule has 0 fully saturated rings. The van der Waals surface area contributed by atoms with E-state index in [1.807, 2.05) is 12.1 Å². The van der Waals surface area contributed by atoms with Crippen LogP contribution in [0.3, 0.4) is 0 Å². The maximum absolute atomic E-state index is 6.04. The van der Waals surface area contributed by atoms with Crippen LogP contribution < -0.4 is 4.74 Å². The first-order valence-electron chi connectivity index (χ1n) is 7.97. The highest BCUT2D eigenvalue weighted by Crippen LogP contribution is 2.25. The minimum Gasteiger partial charge on any atom is -0.491 e. The van der Waals surface area contributed by atoms with Crippen LogP contribution in [0.25, 0.3) is 21.7 Å². The third kappa shape index (κ3) is 2.68. The molecule has 3 aromatic carbocycles. The maximum atomic E-state index is 6.04. The zero-order chi connectivity index (χ0) is 15.6. The van der Waals surface area contributed by atoms with Crippen molar-refractivity contribution in [3.63, 3.8) is 0 Å². The van der Waals surface area contributed by atoms with E-state index in [0.29, 0.717) is 6.61 Å². The summed E-state index contributed by atoms with van der Waals surface area (Å²) >= 11 is 0. The molecule has 0 amide bonds. The van der Waals surface area contributed by atoms with E-state index in [2.05, 4.69) is 72.3 Å². The Bertz CT molecular complexity index is 963. The first-order chi connectivity index (χ1) is 11.3. The standard InChI is InChI=1S/C21H19NO/c1-16-9-10-20-18(15-16)11-12-22(20)13-14-23-21-8-4-6-17-5-2-3-7-19(17)21/h2-12,15H,13-14H2,1H3. The van der Waals surface area contributed by atoms with Gasteiger partial charge in [-0.05, 0) is 42.0 Å². The Hall–Kier alpha value is -2.74. The first-order valence-corrected chi connectivity index (χ1v) is 7.97. The van der Waals surface area contributed by atoms with Crippen molar-refractivity contribution in [2.24, 2.45) is 0 Å². The Morgan fingerprint density at radius 3 is 2.70 bits per heavy atom. The predicted octanol–water partition coefficient (Wildman–Crippen LogP) is 5.18. The lowest BCUT2D eigenvalue weighted by Gasteiger charge is -2.11. The lowest BCUT2D eigenvalue weighted by Crippen LogP contribution is -2.07. The molecule has 1 aromatic heterocycles. The van der Waals surface area contributed by atoms with Gasteiger partial charge in [0.25, 0.3) is 0 Å². The Morgan fingerprint density at radius 2 is 1.74 bits per heavy atom. The lowest BCUT2D eigenvalue weighted by atomic mass is 10.1. The summed E-state index contributed by atoms with van der Waals surface area (Å²) < 4.78 is 8.29. The summed E-state index contributed by atoms with van der Waals surface area (Å²) in [5, 5.41) is 3.67. The molecule has 114 valence electrons. The van der Waals surface area contributed by atoms with E-state index >= 15 is 0 Å². The van der Waals surface area contributed by atoms with Gasteiger partial charge in [0.1, 0.15) is 12.4 Å². The lowest BCUT2D eigenvalue weighted by molar-refractivity contribution is 0.304. The molecule has 0 N–H and O–H groups in total. The van der Waals surface area contributed by atoms with E-state index in [0.717, 1.165) is 12.3 Å². The number of aromatic nitrogens is 1. The third-order valence-corrected chi connectivity index (χ3v) is 4.27. The summed E-state index contributed by atoms with van der Waals surface area (Å²) in [4.78, 5) is 0. The molecule has 23 heavy (non-hydrogen) atoms. The molecule has 0 aliphatic heterocycles. The molecule has 0 saturated carbocycles. The number of rotatable bonds is 4. The van der Waals surface area contributed by atoms with Crippen LogP contribution in [0, 0.1) is 6.92 Å². The van der Waals surface area contributed by atoms with E-state index in [4.69, 9.17) is 4.74 Å². The second-order valence-electron chi connectivity index (χ2n) is 5.90. The molecule has 0 bridgehead atoms. The summed E-state index contributed by atoms with van der Waals surface area (Å²) in [6.45, 7) is 3.63. The van der Waals surface area contributed by atoms with Crippen molar-refractivity contribution in [2.45, 2.75) is 13.5 Å². The average Bonchev–Trinajstić information content (AvgIpc) is 2.97. The van der Waals surface area contributed by atoms with Gasteiger partial charge in [-0.3, -0.25) is 0 Å². The van der Waals surface area contributed by atoms with Gasteiger partial charge >= 0.3 is 0 Å². The quantitative estimate of drug-likeness (QED) is 0.506. The fourth-order valence-corrected chi connectivity index (χ4v) is 3.09. The molecule has 4 rings (SSSR count). The van der Waals surface area contributed by atoms with E-state index in [1.54, 1.807) is 0 Å². The van der Waals surface area contributed by atoms with Gasteiger partial charge in [0.05, 0.1) is 6.54 Å². The van der Waals surface area contributed by atoms with Crippen LogP contribution in [0.2, 0.25) is 0 Å². The SMILES string of the molecule is Cc1ccc2c(ccn2CCOc2cccc3ccccc23)c1. The van der Waals surface area contributed by atoms with E-state index in [9.17, 15) is 0 Å². The summed E-state index contributed by atoms with van der Waals surface area (Å²) in [7, 11) is 0. The Kier molecular flexibility index (Phi) is 3.51. The minimum absolute atomic E-state index is 0.658. The molecule has 0 unspecified atom stereocenters. The number of hydrogen-bond acceptors (Lipinski definition) is 1. The summed E-state index contributed by atoms with van der Waals surface area (Å²) in [6, 6.07) is 23.3. The Labute approximate surface area is 135 Å². The molecular formula is C21H19NO. The van der Waals surface area contributed by atoms with Crippen molar-refractivity contribution < 1.29 is 4.74 Å². The smallest absolute Gasteiger partial charge is 0.127 e. The summed E-state index contributed by atoms with van der Waals surface area (Å²) in [5.74, 6) is 0.954. The number of nitrogens with zero attached hydrogens (tertiary/aromatic N) is 1. The van der Waals surface area contributed by atoms with Gasteiger partial charge in [-0.2, -0.15) is 0 Å². The number of aryl methyl sites for hydroxylation is 1. The number of fused-ring (bicyclic) bond motifs is 2. The monoisotopic (exact) mass is 301 g/mol. The molecule has 2 nitrogen and oxygen atoms in total. The van der Waals surface area contributed by atoms with Crippen LogP contribution >= 0.6 is 0 Å². The van der Waals surface area contributed by atoms with Crippen LogP contribution in [0.4, 0.5) is 0 Å². The minimum atomic E-state index is 0.658. The van der Waals surface area contributed by atoms with Crippen molar-refractivity contribution in [2.75, 3.05) is 6.61 Å². The Balaban J connectivity index is 1.52. The molecule has 0 atom stereocenters. The van der Waals surface area contributed by atoms with Gasteiger partial charge < -0.3 is 9.30 Å². The second-order valence-corrected chi connectivity index (χ2v) is 5.90. The predicted molar refractivity (Wildman–Crippen MR) is 96.1 cm³/mol. The van der Waals surface area contributed by atoms with Gasteiger partial charge in [-0.1, -0.05) is 48.0 Å². The molecule has 0 radical (unpaired) electrons. The van der Waals surface area contributed by atoms with Crippen LogP contribution in [-0.2, 0) is 6.54 Å². The van der Waals surface area contributed by atoms with Crippen LogP contribution in [0.5, 0.6) is 5.75 Å². The fourth-order valence-electron chi connectivity index (χ4n) is 3.09. The summed E-state index contributed by atoms with van der Waals surface area (Å²) in [5.41, 5.74) is 2.55. The van der Waals surface area contributed by atoms with E-state index < -0.39 is 0 Å². The molecule has 0 aliphatic carbocycles. The normalized spacial score (nSPS) is 11.2. The summed E-state index contributed by atoms with van der Waals surface area (Å²) in [6.07, 6.45) is 2.14. The second kappa shape index (κ2) is 5.81. The molecule has 0 spiro atoms. The highest BCUT2D eigenvalue weighted by molar-refractivity contribution is 5.88. The maximum Gasteiger partial charge on any atom is 0.127 e. The first kappa shape index (κ1) is 13.9. The van der Waals surface area contributed by atoms with Gasteiger partial charge in [-0.25, -0.2) is 0 Å². The topological polar surface area (TPSA) is 14.2 Å². The highest BCUT2D eigenvalue weighted by atomic mass is 16.5. The highest BCUT2D eigenvalue weighted by Gasteiger charge is 2.03. The van der Waals surface area contributed by atoms with Gasteiger partial charge in [0.15, 0.2) is 0 Å². The van der Waals surface area contributed by atoms with Gasteiger partial charge in [0, 0.05) is 17.1 Å². The molecule has 0 aliphatic rings. The van der Waals surface area contributed by atoms with Crippen molar-refractivity contribution in [1.29, 1.82) is 0 Å². The third-order valence-electron chi connectivity index (χ3n) is 4.27. The molecule has 2 heteroatoms. The van der Waals surface area contributed by atoms with Crippen LogP contribution in [0.1, 0.15) is 5.56 Å². The largest absolute Gasteiger partial charge is 0.491 e. The van der Waals surface area contributed by atoms with Crippen molar-refractivity contribution in [3.8, 4) is 5.75 Å². The number of benzene rings is 3. The van der Waals surface area contributed by atoms with E-state index in [-0.39, 0.29) is 0 Å². The van der Waals surface area contributed by atoms with Crippen molar-refractivity contribution >= 4 is 21.7 Å². The fraction of sp³-hybridized carbons (Fsp3) is 0.143. The van der Waals surface area contributed by atoms with Gasteiger partial charge in [-0.15, -0.1) is 0 Å².